The van der Waals surface area contributed by atoms with Crippen molar-refractivity contribution in [2.24, 2.45) is 4.99 Å². The summed E-state index contributed by atoms with van der Waals surface area (Å²) in [6.45, 7) is 4.11. The second kappa shape index (κ2) is 8.80. The van der Waals surface area contributed by atoms with Gasteiger partial charge in [0.2, 0.25) is 0 Å². The van der Waals surface area contributed by atoms with Crippen molar-refractivity contribution in [2.75, 3.05) is 13.7 Å². The van der Waals surface area contributed by atoms with Crippen LogP contribution in [0.5, 0.6) is 5.75 Å². The Balaban J connectivity index is 1.61. The molecule has 1 heterocycles. The maximum absolute atomic E-state index is 12.2. The number of aromatic nitrogens is 1. The van der Waals surface area contributed by atoms with Crippen LogP contribution in [0.25, 0.3) is 10.9 Å². The monoisotopic (exact) mass is 416 g/mol. The summed E-state index contributed by atoms with van der Waals surface area (Å²) in [6, 6.07) is 16.1. The number of ketones is 1. The number of nitrogens with zero attached hydrogens (tertiary/aromatic N) is 1. The summed E-state index contributed by atoms with van der Waals surface area (Å²) >= 11 is 0. The van der Waals surface area contributed by atoms with Crippen molar-refractivity contribution < 1.29 is 14.6 Å². The number of methoxy groups -OCH3 is 1. The third-order valence-corrected chi connectivity index (χ3v) is 6.07. The molecule has 0 spiro atoms. The van der Waals surface area contributed by atoms with Crippen molar-refractivity contribution in [3.05, 3.63) is 76.7 Å². The Morgan fingerprint density at radius 2 is 1.97 bits per heavy atom. The van der Waals surface area contributed by atoms with Crippen LogP contribution in [0, 0.1) is 6.92 Å². The summed E-state index contributed by atoms with van der Waals surface area (Å²) < 4.78 is 5.38. The Bertz CT molecular complexity index is 1170. The number of aliphatic hydroxyl groups is 1. The zero-order chi connectivity index (χ0) is 22.0. The third kappa shape index (κ3) is 4.26. The maximum Gasteiger partial charge on any atom is 0.164 e. The van der Waals surface area contributed by atoms with Gasteiger partial charge in [-0.05, 0) is 61.9 Å². The molecule has 2 N–H and O–H groups in total. The molecule has 3 aromatic rings. The fourth-order valence-corrected chi connectivity index (χ4v) is 4.53. The fraction of sp³-hybridized carbons (Fsp3) is 0.308. The number of benzene rings is 2. The van der Waals surface area contributed by atoms with Crippen LogP contribution < -0.4 is 4.74 Å². The van der Waals surface area contributed by atoms with Gasteiger partial charge >= 0.3 is 0 Å². The highest BCUT2D eigenvalue weighted by molar-refractivity contribution is 6.22. The van der Waals surface area contributed by atoms with Gasteiger partial charge in [-0.25, -0.2) is 0 Å². The number of rotatable bonds is 6. The molecule has 0 bridgehead atoms. The number of Topliss-reactive ketones (excluding diaryl/α,β-unsaturated/α-hetero) is 1. The van der Waals surface area contributed by atoms with Gasteiger partial charge in [-0.2, -0.15) is 0 Å². The lowest BCUT2D eigenvalue weighted by atomic mass is 9.81. The molecule has 0 saturated carbocycles. The molecule has 5 nitrogen and oxygen atoms in total. The SMILES string of the molecule is COc1ccc2[nH]c(C)c(CCN=C3C[C@@H](c4ccccc4)CC(O)=C3C(C)=O)c2c1. The fourth-order valence-electron chi connectivity index (χ4n) is 4.53. The number of aryl methyl sites for hydroxylation is 1. The quantitative estimate of drug-likeness (QED) is 0.561. The predicted molar refractivity (Wildman–Crippen MR) is 124 cm³/mol. The van der Waals surface area contributed by atoms with Crippen LogP contribution in [0.15, 0.2) is 64.9 Å². The van der Waals surface area contributed by atoms with Gasteiger partial charge in [-0.1, -0.05) is 30.3 Å². The van der Waals surface area contributed by atoms with E-state index in [4.69, 9.17) is 9.73 Å². The largest absolute Gasteiger partial charge is 0.511 e. The molecule has 2 aromatic carbocycles. The van der Waals surface area contributed by atoms with Crippen LogP contribution in [0.1, 0.15) is 42.5 Å². The van der Waals surface area contributed by atoms with Gasteiger partial charge in [-0.15, -0.1) is 0 Å². The van der Waals surface area contributed by atoms with Crippen molar-refractivity contribution in [1.29, 1.82) is 0 Å². The second-order valence-corrected chi connectivity index (χ2v) is 8.11. The van der Waals surface area contributed by atoms with E-state index in [2.05, 4.69) is 24.0 Å². The smallest absolute Gasteiger partial charge is 0.164 e. The van der Waals surface area contributed by atoms with E-state index in [1.807, 2.05) is 36.4 Å². The Labute approximate surface area is 182 Å². The molecule has 160 valence electrons. The Hall–Kier alpha value is -3.34. The molecule has 0 aliphatic heterocycles. The van der Waals surface area contributed by atoms with Crippen LogP contribution in [0.2, 0.25) is 0 Å². The minimum atomic E-state index is -0.129. The summed E-state index contributed by atoms with van der Waals surface area (Å²) in [5.41, 5.74) is 5.64. The maximum atomic E-state index is 12.2. The third-order valence-electron chi connectivity index (χ3n) is 6.07. The minimum absolute atomic E-state index is 0.127. The zero-order valence-electron chi connectivity index (χ0n) is 18.2. The highest BCUT2D eigenvalue weighted by atomic mass is 16.5. The standard InChI is InChI=1S/C26H28N2O3/c1-16-21(22-15-20(31-3)9-10-23(22)28-16)11-12-27-24-13-19(18-7-5-4-6-8-18)14-25(30)26(24)17(2)29/h4-10,15,19,28,30H,11-14H2,1-3H3/t19-/m1/s1. The van der Waals surface area contributed by atoms with Gasteiger partial charge in [0.15, 0.2) is 5.78 Å². The van der Waals surface area contributed by atoms with Gasteiger partial charge in [0.05, 0.1) is 12.7 Å². The van der Waals surface area contributed by atoms with Crippen molar-refractivity contribution in [2.45, 2.75) is 39.0 Å². The molecule has 1 aliphatic carbocycles. The van der Waals surface area contributed by atoms with Gasteiger partial charge in [-0.3, -0.25) is 9.79 Å². The lowest BCUT2D eigenvalue weighted by Crippen LogP contribution is -2.23. The lowest BCUT2D eigenvalue weighted by molar-refractivity contribution is -0.113. The number of carbonyl (C=O) groups excluding carboxylic acids is 1. The minimum Gasteiger partial charge on any atom is -0.511 e. The predicted octanol–water partition coefficient (Wildman–Crippen LogP) is 5.45. The average Bonchev–Trinajstić information content (AvgIpc) is 3.08. The van der Waals surface area contributed by atoms with E-state index in [9.17, 15) is 9.90 Å². The second-order valence-electron chi connectivity index (χ2n) is 8.11. The molecule has 0 radical (unpaired) electrons. The first kappa shape index (κ1) is 20.9. The first-order valence-corrected chi connectivity index (χ1v) is 10.6. The summed E-state index contributed by atoms with van der Waals surface area (Å²) in [4.78, 5) is 20.5. The molecule has 0 amide bonds. The molecule has 1 atom stereocenters. The molecule has 5 heteroatoms. The number of nitrogens with one attached hydrogen (secondary N) is 1. The molecule has 1 aromatic heterocycles. The first-order chi connectivity index (χ1) is 15.0. The van der Waals surface area contributed by atoms with Gasteiger partial charge < -0.3 is 14.8 Å². The number of aliphatic hydroxyl groups excluding tert-OH is 1. The van der Waals surface area contributed by atoms with E-state index in [0.717, 1.165) is 34.3 Å². The van der Waals surface area contributed by atoms with Crippen LogP contribution in [0.3, 0.4) is 0 Å². The summed E-state index contributed by atoms with van der Waals surface area (Å²) in [7, 11) is 1.67. The first-order valence-electron chi connectivity index (χ1n) is 10.6. The number of H-pyrrole nitrogens is 1. The van der Waals surface area contributed by atoms with Gasteiger partial charge in [0, 0.05) is 35.3 Å². The van der Waals surface area contributed by atoms with Crippen LogP contribution in [-0.2, 0) is 11.2 Å². The molecule has 31 heavy (non-hydrogen) atoms. The number of aliphatic imine (C=N–C) groups is 1. The van der Waals surface area contributed by atoms with E-state index in [1.54, 1.807) is 7.11 Å². The molecule has 0 unspecified atom stereocenters. The van der Waals surface area contributed by atoms with Crippen LogP contribution >= 0.6 is 0 Å². The number of hydrogen-bond donors (Lipinski definition) is 2. The zero-order valence-corrected chi connectivity index (χ0v) is 18.2. The number of ether oxygens (including phenoxy) is 1. The number of carbonyl (C=O) groups is 1. The summed E-state index contributed by atoms with van der Waals surface area (Å²) in [6.07, 6.45) is 1.87. The van der Waals surface area contributed by atoms with Crippen molar-refractivity contribution in [1.82, 2.24) is 4.98 Å². The van der Waals surface area contributed by atoms with Gasteiger partial charge in [0.25, 0.3) is 0 Å². The van der Waals surface area contributed by atoms with Crippen molar-refractivity contribution in [3.63, 3.8) is 0 Å². The van der Waals surface area contributed by atoms with E-state index in [-0.39, 0.29) is 17.5 Å². The summed E-state index contributed by atoms with van der Waals surface area (Å²) in [5.74, 6) is 0.973. The highest BCUT2D eigenvalue weighted by Crippen LogP contribution is 2.34. The number of fused-ring (bicyclic) bond motifs is 1. The normalized spacial score (nSPS) is 18.0. The van der Waals surface area contributed by atoms with Crippen LogP contribution in [-0.4, -0.2) is 35.2 Å². The number of allylic oxidation sites excluding steroid dienone is 2. The molecule has 0 saturated heterocycles. The summed E-state index contributed by atoms with van der Waals surface area (Å²) in [5, 5.41) is 11.8. The molecule has 1 aliphatic rings. The van der Waals surface area contributed by atoms with Crippen LogP contribution in [0.4, 0.5) is 0 Å². The Morgan fingerprint density at radius 3 is 2.68 bits per heavy atom. The molecule has 0 fully saturated rings. The van der Waals surface area contributed by atoms with E-state index < -0.39 is 0 Å². The van der Waals surface area contributed by atoms with Crippen molar-refractivity contribution in [3.8, 4) is 5.75 Å². The van der Waals surface area contributed by atoms with E-state index in [1.165, 1.54) is 12.5 Å². The number of aromatic amines is 1. The Kier molecular flexibility index (Phi) is 5.94. The highest BCUT2D eigenvalue weighted by Gasteiger charge is 2.29. The lowest BCUT2D eigenvalue weighted by Gasteiger charge is -2.25. The van der Waals surface area contributed by atoms with E-state index >= 15 is 0 Å². The topological polar surface area (TPSA) is 74.7 Å². The molecule has 4 rings (SSSR count). The number of hydrogen-bond acceptors (Lipinski definition) is 4. The molecular formula is C26H28N2O3. The Morgan fingerprint density at radius 1 is 1.19 bits per heavy atom. The van der Waals surface area contributed by atoms with E-state index in [0.29, 0.717) is 30.7 Å². The average molecular weight is 417 g/mol. The van der Waals surface area contributed by atoms with Gasteiger partial charge in [0.1, 0.15) is 11.5 Å². The van der Waals surface area contributed by atoms with Crippen molar-refractivity contribution >= 4 is 22.4 Å². The molecular weight excluding hydrogens is 388 g/mol.